The van der Waals surface area contributed by atoms with Crippen molar-refractivity contribution in [1.29, 1.82) is 0 Å². The monoisotopic (exact) mass is 255 g/mol. The molecule has 0 fully saturated rings. The van der Waals surface area contributed by atoms with Crippen LogP contribution in [0.2, 0.25) is 0 Å². The molecule has 98 valence electrons. The summed E-state index contributed by atoms with van der Waals surface area (Å²) in [4.78, 5) is 16.2. The number of hydrogen-bond donors (Lipinski definition) is 1. The van der Waals surface area contributed by atoms with Gasteiger partial charge in [-0.05, 0) is 30.4 Å². The Morgan fingerprint density at radius 3 is 2.89 bits per heavy atom. The first-order valence-corrected chi connectivity index (χ1v) is 6.59. The number of imidazole rings is 1. The van der Waals surface area contributed by atoms with E-state index in [4.69, 9.17) is 0 Å². The molecule has 1 unspecified atom stereocenters. The summed E-state index contributed by atoms with van der Waals surface area (Å²) in [5.41, 5.74) is 2.75. The molecule has 0 bridgehead atoms. The van der Waals surface area contributed by atoms with Crippen molar-refractivity contribution in [2.24, 2.45) is 7.05 Å². The van der Waals surface area contributed by atoms with E-state index >= 15 is 0 Å². The minimum Gasteiger partial charge on any atom is -0.346 e. The van der Waals surface area contributed by atoms with Gasteiger partial charge in [-0.25, -0.2) is 4.98 Å². The minimum absolute atomic E-state index is 0.0862. The Morgan fingerprint density at radius 2 is 2.16 bits per heavy atom. The molecule has 0 aliphatic heterocycles. The van der Waals surface area contributed by atoms with Crippen LogP contribution in [-0.4, -0.2) is 21.5 Å². The summed E-state index contributed by atoms with van der Waals surface area (Å²) in [7, 11) is 1.83. The van der Waals surface area contributed by atoms with Gasteiger partial charge in [-0.15, -0.1) is 0 Å². The van der Waals surface area contributed by atoms with E-state index in [1.807, 2.05) is 7.05 Å². The van der Waals surface area contributed by atoms with Gasteiger partial charge in [0.05, 0.1) is 0 Å². The second-order valence-corrected chi connectivity index (χ2v) is 5.04. The molecule has 0 saturated carbocycles. The number of hydrogen-bond acceptors (Lipinski definition) is 2. The van der Waals surface area contributed by atoms with Gasteiger partial charge < -0.3 is 9.88 Å². The van der Waals surface area contributed by atoms with Gasteiger partial charge in [-0.3, -0.25) is 4.79 Å². The van der Waals surface area contributed by atoms with Crippen molar-refractivity contribution >= 4 is 5.91 Å². The molecule has 0 spiro atoms. The fraction of sp³-hybridized carbons (Fsp3) is 0.333. The van der Waals surface area contributed by atoms with E-state index in [1.165, 1.54) is 11.1 Å². The van der Waals surface area contributed by atoms with Gasteiger partial charge >= 0.3 is 0 Å². The lowest BCUT2D eigenvalue weighted by Gasteiger charge is -2.25. The average molecular weight is 255 g/mol. The third kappa shape index (κ3) is 2.38. The highest BCUT2D eigenvalue weighted by Crippen LogP contribution is 2.21. The Kier molecular flexibility index (Phi) is 3.07. The van der Waals surface area contributed by atoms with Crippen molar-refractivity contribution in [3.63, 3.8) is 0 Å². The number of aryl methyl sites for hydroxylation is 2. The molecular formula is C15H17N3O. The molecule has 3 rings (SSSR count). The average Bonchev–Trinajstić information content (AvgIpc) is 2.85. The van der Waals surface area contributed by atoms with Crippen LogP contribution in [0.25, 0.3) is 0 Å². The first-order chi connectivity index (χ1) is 9.24. The number of carbonyl (C=O) groups excluding carboxylic acids is 1. The molecule has 1 aliphatic rings. The molecular weight excluding hydrogens is 238 g/mol. The fourth-order valence-electron chi connectivity index (χ4n) is 2.66. The molecule has 2 aromatic rings. The Balaban J connectivity index is 1.70. The van der Waals surface area contributed by atoms with Gasteiger partial charge in [0, 0.05) is 25.5 Å². The van der Waals surface area contributed by atoms with Crippen molar-refractivity contribution in [3.05, 3.63) is 53.6 Å². The van der Waals surface area contributed by atoms with E-state index in [9.17, 15) is 4.79 Å². The highest BCUT2D eigenvalue weighted by atomic mass is 16.2. The smallest absolute Gasteiger partial charge is 0.287 e. The van der Waals surface area contributed by atoms with Crippen molar-refractivity contribution in [2.75, 3.05) is 0 Å². The summed E-state index contributed by atoms with van der Waals surface area (Å²) in [5.74, 6) is 0.385. The van der Waals surface area contributed by atoms with E-state index in [-0.39, 0.29) is 11.9 Å². The second-order valence-electron chi connectivity index (χ2n) is 5.04. The van der Waals surface area contributed by atoms with Crippen LogP contribution in [-0.2, 0) is 19.9 Å². The van der Waals surface area contributed by atoms with Crippen LogP contribution in [0, 0.1) is 0 Å². The number of carbonyl (C=O) groups is 1. The number of amides is 1. The number of fused-ring (bicyclic) bond motifs is 1. The lowest BCUT2D eigenvalue weighted by molar-refractivity contribution is 0.0920. The summed E-state index contributed by atoms with van der Waals surface area (Å²) in [6.07, 6.45) is 6.36. The zero-order valence-corrected chi connectivity index (χ0v) is 11.0. The molecule has 0 saturated heterocycles. The molecule has 1 N–H and O–H groups in total. The summed E-state index contributed by atoms with van der Waals surface area (Å²) >= 11 is 0. The Labute approximate surface area is 112 Å². The van der Waals surface area contributed by atoms with Crippen LogP contribution in [0.1, 0.15) is 28.2 Å². The number of nitrogens with one attached hydrogen (secondary N) is 1. The molecule has 1 aromatic heterocycles. The Morgan fingerprint density at radius 1 is 1.37 bits per heavy atom. The standard InChI is InChI=1S/C15H17N3O/c1-18-9-8-16-14(18)15(19)17-13-7-6-11-4-2-3-5-12(11)10-13/h2-5,8-9,13H,6-7,10H2,1H3,(H,17,19). The largest absolute Gasteiger partial charge is 0.346 e. The minimum atomic E-state index is -0.0862. The van der Waals surface area contributed by atoms with Crippen LogP contribution in [0.15, 0.2) is 36.7 Å². The quantitative estimate of drug-likeness (QED) is 0.888. The second kappa shape index (κ2) is 4.88. The SMILES string of the molecule is Cn1ccnc1C(=O)NC1CCc2ccccc2C1. The van der Waals surface area contributed by atoms with Gasteiger partial charge in [0.2, 0.25) is 0 Å². The summed E-state index contributed by atoms with van der Waals surface area (Å²) in [5, 5.41) is 3.08. The van der Waals surface area contributed by atoms with Gasteiger partial charge in [0.15, 0.2) is 5.82 Å². The third-order valence-corrected chi connectivity index (χ3v) is 3.71. The van der Waals surface area contributed by atoms with Crippen LogP contribution in [0.3, 0.4) is 0 Å². The number of benzene rings is 1. The fourth-order valence-corrected chi connectivity index (χ4v) is 2.66. The number of rotatable bonds is 2. The molecule has 4 nitrogen and oxygen atoms in total. The number of nitrogens with zero attached hydrogens (tertiary/aromatic N) is 2. The zero-order chi connectivity index (χ0) is 13.2. The number of aromatic nitrogens is 2. The summed E-state index contributed by atoms with van der Waals surface area (Å²) in [6, 6.07) is 8.66. The maximum Gasteiger partial charge on any atom is 0.287 e. The molecule has 1 heterocycles. The van der Waals surface area contributed by atoms with Gasteiger partial charge in [-0.2, -0.15) is 0 Å². The van der Waals surface area contributed by atoms with Crippen molar-refractivity contribution in [1.82, 2.24) is 14.9 Å². The van der Waals surface area contributed by atoms with Crippen molar-refractivity contribution in [3.8, 4) is 0 Å². The Bertz CT molecular complexity index is 603. The topological polar surface area (TPSA) is 46.9 Å². The highest BCUT2D eigenvalue weighted by Gasteiger charge is 2.21. The third-order valence-electron chi connectivity index (χ3n) is 3.71. The predicted molar refractivity (Wildman–Crippen MR) is 72.9 cm³/mol. The van der Waals surface area contributed by atoms with Crippen LogP contribution >= 0.6 is 0 Å². The summed E-state index contributed by atoms with van der Waals surface area (Å²) < 4.78 is 1.74. The van der Waals surface area contributed by atoms with Gasteiger partial charge in [0.1, 0.15) is 0 Å². The molecule has 1 aromatic carbocycles. The maximum absolute atomic E-state index is 12.1. The van der Waals surface area contributed by atoms with E-state index in [0.29, 0.717) is 5.82 Å². The van der Waals surface area contributed by atoms with E-state index in [2.05, 4.69) is 34.6 Å². The van der Waals surface area contributed by atoms with Crippen molar-refractivity contribution in [2.45, 2.75) is 25.3 Å². The van der Waals surface area contributed by atoms with Gasteiger partial charge in [-0.1, -0.05) is 24.3 Å². The van der Waals surface area contributed by atoms with Crippen LogP contribution < -0.4 is 5.32 Å². The molecule has 1 amide bonds. The first-order valence-electron chi connectivity index (χ1n) is 6.59. The maximum atomic E-state index is 12.1. The molecule has 19 heavy (non-hydrogen) atoms. The Hall–Kier alpha value is -2.10. The van der Waals surface area contributed by atoms with Crippen LogP contribution in [0.4, 0.5) is 0 Å². The zero-order valence-electron chi connectivity index (χ0n) is 11.0. The van der Waals surface area contributed by atoms with E-state index in [0.717, 1.165) is 19.3 Å². The summed E-state index contributed by atoms with van der Waals surface area (Å²) in [6.45, 7) is 0. The van der Waals surface area contributed by atoms with Crippen molar-refractivity contribution < 1.29 is 4.79 Å². The molecule has 0 radical (unpaired) electrons. The van der Waals surface area contributed by atoms with Gasteiger partial charge in [0.25, 0.3) is 5.91 Å². The normalized spacial score (nSPS) is 17.8. The highest BCUT2D eigenvalue weighted by molar-refractivity contribution is 5.91. The molecule has 4 heteroatoms. The molecule has 1 atom stereocenters. The molecule has 1 aliphatic carbocycles. The van der Waals surface area contributed by atoms with E-state index < -0.39 is 0 Å². The lowest BCUT2D eigenvalue weighted by atomic mass is 9.88. The van der Waals surface area contributed by atoms with Crippen LogP contribution in [0.5, 0.6) is 0 Å². The lowest BCUT2D eigenvalue weighted by Crippen LogP contribution is -2.39. The van der Waals surface area contributed by atoms with E-state index in [1.54, 1.807) is 17.0 Å². The predicted octanol–water partition coefficient (Wildman–Crippen LogP) is 1.71. The first kappa shape index (κ1) is 12.0.